The van der Waals surface area contributed by atoms with Crippen LogP contribution >= 0.6 is 0 Å². The van der Waals surface area contributed by atoms with E-state index in [0.717, 1.165) is 12.1 Å². The van der Waals surface area contributed by atoms with Crippen molar-refractivity contribution >= 4 is 18.2 Å². The van der Waals surface area contributed by atoms with E-state index < -0.39 is 0 Å². The number of amides is 3. The van der Waals surface area contributed by atoms with Crippen molar-refractivity contribution in [3.63, 3.8) is 0 Å². The molecule has 3 heterocycles. The van der Waals surface area contributed by atoms with Crippen molar-refractivity contribution in [3.8, 4) is 0 Å². The highest BCUT2D eigenvalue weighted by atomic mass is 16.2. The molecule has 0 radical (unpaired) electrons. The Hall–Kier alpha value is -3.29. The Labute approximate surface area is 150 Å². The second-order valence-electron chi connectivity index (χ2n) is 5.87. The number of hydrogen-bond donors (Lipinski definition) is 1. The molecule has 1 saturated heterocycles. The van der Waals surface area contributed by atoms with E-state index in [2.05, 4.69) is 15.3 Å². The van der Waals surface area contributed by atoms with Crippen LogP contribution in [0.4, 0.5) is 0 Å². The van der Waals surface area contributed by atoms with Gasteiger partial charge in [0, 0.05) is 44.1 Å². The Morgan fingerprint density at radius 3 is 2.58 bits per heavy atom. The molecule has 3 rings (SSSR count). The summed E-state index contributed by atoms with van der Waals surface area (Å²) in [4.78, 5) is 47.1. The number of nitrogens with zero attached hydrogens (tertiary/aromatic N) is 4. The average molecular weight is 353 g/mol. The molecular weight excluding hydrogens is 334 g/mol. The number of aromatic nitrogens is 2. The van der Waals surface area contributed by atoms with Crippen molar-refractivity contribution in [1.29, 1.82) is 0 Å². The van der Waals surface area contributed by atoms with Gasteiger partial charge in [-0.25, -0.2) is 0 Å². The molecule has 8 heteroatoms. The van der Waals surface area contributed by atoms with Crippen LogP contribution in [0.5, 0.6) is 0 Å². The van der Waals surface area contributed by atoms with Crippen molar-refractivity contribution in [2.24, 2.45) is 0 Å². The number of carbonyl (C=O) groups is 3. The quantitative estimate of drug-likeness (QED) is 0.781. The molecule has 0 atom stereocenters. The SMILES string of the molecule is O=CN1CCN(C(=O)c2ccnc(C(=O)NCc3ccccn3)c2)CC1. The van der Waals surface area contributed by atoms with Crippen LogP contribution in [0.2, 0.25) is 0 Å². The van der Waals surface area contributed by atoms with Gasteiger partial charge in [-0.2, -0.15) is 0 Å². The van der Waals surface area contributed by atoms with Gasteiger partial charge in [-0.3, -0.25) is 24.4 Å². The van der Waals surface area contributed by atoms with Gasteiger partial charge in [0.05, 0.1) is 12.2 Å². The molecule has 2 aromatic heterocycles. The lowest BCUT2D eigenvalue weighted by molar-refractivity contribution is -0.119. The fourth-order valence-electron chi connectivity index (χ4n) is 2.66. The lowest BCUT2D eigenvalue weighted by atomic mass is 10.1. The third-order valence-electron chi connectivity index (χ3n) is 4.15. The van der Waals surface area contributed by atoms with Crippen LogP contribution in [-0.2, 0) is 11.3 Å². The summed E-state index contributed by atoms with van der Waals surface area (Å²) in [7, 11) is 0. The van der Waals surface area contributed by atoms with E-state index in [0.29, 0.717) is 31.7 Å². The third-order valence-corrected chi connectivity index (χ3v) is 4.15. The van der Waals surface area contributed by atoms with Crippen LogP contribution in [0.1, 0.15) is 26.5 Å². The number of piperazine rings is 1. The first-order valence-electron chi connectivity index (χ1n) is 8.30. The van der Waals surface area contributed by atoms with Crippen molar-refractivity contribution in [2.75, 3.05) is 26.2 Å². The van der Waals surface area contributed by atoms with Crippen LogP contribution in [0.25, 0.3) is 0 Å². The number of rotatable bonds is 5. The van der Waals surface area contributed by atoms with Gasteiger partial charge in [0.1, 0.15) is 5.69 Å². The van der Waals surface area contributed by atoms with E-state index >= 15 is 0 Å². The van der Waals surface area contributed by atoms with Crippen molar-refractivity contribution in [1.82, 2.24) is 25.1 Å². The van der Waals surface area contributed by atoms with Gasteiger partial charge in [0.15, 0.2) is 0 Å². The molecule has 3 amide bonds. The first kappa shape index (κ1) is 17.5. The maximum Gasteiger partial charge on any atom is 0.270 e. The minimum atomic E-state index is -0.365. The predicted molar refractivity (Wildman–Crippen MR) is 93.2 cm³/mol. The second kappa shape index (κ2) is 8.19. The number of carbonyl (C=O) groups excluding carboxylic acids is 3. The van der Waals surface area contributed by atoms with Gasteiger partial charge < -0.3 is 15.1 Å². The molecule has 26 heavy (non-hydrogen) atoms. The van der Waals surface area contributed by atoms with Crippen molar-refractivity contribution < 1.29 is 14.4 Å². The largest absolute Gasteiger partial charge is 0.345 e. The summed E-state index contributed by atoms with van der Waals surface area (Å²) in [5.41, 5.74) is 1.32. The van der Waals surface area contributed by atoms with Crippen LogP contribution in [0.15, 0.2) is 42.7 Å². The summed E-state index contributed by atoms with van der Waals surface area (Å²) in [5.74, 6) is -0.534. The van der Waals surface area contributed by atoms with E-state index in [1.165, 1.54) is 12.3 Å². The molecule has 8 nitrogen and oxygen atoms in total. The summed E-state index contributed by atoms with van der Waals surface area (Å²) in [6.45, 7) is 2.25. The molecule has 0 aliphatic carbocycles. The van der Waals surface area contributed by atoms with E-state index in [1.807, 2.05) is 12.1 Å². The van der Waals surface area contributed by atoms with Crippen molar-refractivity contribution in [3.05, 3.63) is 59.7 Å². The highest BCUT2D eigenvalue weighted by Gasteiger charge is 2.22. The van der Waals surface area contributed by atoms with E-state index in [-0.39, 0.29) is 24.1 Å². The molecule has 0 bridgehead atoms. The van der Waals surface area contributed by atoms with E-state index in [9.17, 15) is 14.4 Å². The Morgan fingerprint density at radius 2 is 1.88 bits per heavy atom. The Balaban J connectivity index is 1.63. The van der Waals surface area contributed by atoms with Gasteiger partial charge in [-0.05, 0) is 24.3 Å². The molecule has 2 aromatic rings. The van der Waals surface area contributed by atoms with Crippen LogP contribution in [-0.4, -0.2) is 64.2 Å². The summed E-state index contributed by atoms with van der Waals surface area (Å²) in [6.07, 6.45) is 3.90. The molecule has 0 unspecified atom stereocenters. The summed E-state index contributed by atoms with van der Waals surface area (Å²) in [5, 5.41) is 2.74. The highest BCUT2D eigenvalue weighted by molar-refractivity contribution is 5.98. The maximum absolute atomic E-state index is 12.6. The third kappa shape index (κ3) is 4.21. The molecular formula is C18H19N5O3. The Kier molecular flexibility index (Phi) is 5.52. The summed E-state index contributed by atoms with van der Waals surface area (Å²) >= 11 is 0. The molecule has 1 fully saturated rings. The normalized spacial score (nSPS) is 14.0. The minimum Gasteiger partial charge on any atom is -0.345 e. The highest BCUT2D eigenvalue weighted by Crippen LogP contribution is 2.09. The first-order chi connectivity index (χ1) is 12.7. The van der Waals surface area contributed by atoms with E-state index in [1.54, 1.807) is 28.1 Å². The van der Waals surface area contributed by atoms with Crippen molar-refractivity contribution in [2.45, 2.75) is 6.54 Å². The Morgan fingerprint density at radius 1 is 1.08 bits per heavy atom. The zero-order chi connectivity index (χ0) is 18.4. The molecule has 0 spiro atoms. The van der Waals surface area contributed by atoms with Gasteiger partial charge in [0.2, 0.25) is 6.41 Å². The Bertz CT molecular complexity index is 788. The molecule has 1 aliphatic heterocycles. The minimum absolute atomic E-state index is 0.170. The molecule has 134 valence electrons. The zero-order valence-corrected chi connectivity index (χ0v) is 14.2. The number of pyridine rings is 2. The van der Waals surface area contributed by atoms with Crippen LogP contribution < -0.4 is 5.32 Å². The number of nitrogens with one attached hydrogen (secondary N) is 1. The van der Waals surface area contributed by atoms with Gasteiger partial charge in [-0.1, -0.05) is 6.07 Å². The fraction of sp³-hybridized carbons (Fsp3) is 0.278. The lowest BCUT2D eigenvalue weighted by Crippen LogP contribution is -2.48. The molecule has 1 N–H and O–H groups in total. The smallest absolute Gasteiger partial charge is 0.270 e. The van der Waals surface area contributed by atoms with Crippen LogP contribution in [0, 0.1) is 0 Å². The van der Waals surface area contributed by atoms with Gasteiger partial charge in [-0.15, -0.1) is 0 Å². The monoisotopic (exact) mass is 353 g/mol. The van der Waals surface area contributed by atoms with E-state index in [4.69, 9.17) is 0 Å². The lowest BCUT2D eigenvalue weighted by Gasteiger charge is -2.32. The van der Waals surface area contributed by atoms with Gasteiger partial charge >= 0.3 is 0 Å². The van der Waals surface area contributed by atoms with Gasteiger partial charge in [0.25, 0.3) is 11.8 Å². The number of hydrogen-bond acceptors (Lipinski definition) is 5. The van der Waals surface area contributed by atoms with Crippen LogP contribution in [0.3, 0.4) is 0 Å². The predicted octanol–water partition coefficient (Wildman–Crippen LogP) is 0.321. The fourth-order valence-corrected chi connectivity index (χ4v) is 2.66. The first-order valence-corrected chi connectivity index (χ1v) is 8.30. The summed E-state index contributed by atoms with van der Waals surface area (Å²) < 4.78 is 0. The maximum atomic E-state index is 12.6. The molecule has 1 aliphatic rings. The average Bonchev–Trinajstić information content (AvgIpc) is 2.72. The zero-order valence-electron chi connectivity index (χ0n) is 14.2. The summed E-state index contributed by atoms with van der Waals surface area (Å²) in [6, 6.07) is 8.53. The standard InChI is InChI=1S/C18H19N5O3/c24-13-22-7-9-23(10-8-22)18(26)14-4-6-20-16(11-14)17(25)21-12-15-3-1-2-5-19-15/h1-6,11,13H,7-10,12H2,(H,21,25). The topological polar surface area (TPSA) is 95.5 Å². The second-order valence-corrected chi connectivity index (χ2v) is 5.87. The molecule has 0 saturated carbocycles. The molecule has 0 aromatic carbocycles.